The van der Waals surface area contributed by atoms with E-state index in [0.29, 0.717) is 25.9 Å². The van der Waals surface area contributed by atoms with Crippen LogP contribution >= 0.6 is 23.3 Å². The molecule has 0 radical (unpaired) electrons. The highest BCUT2D eigenvalue weighted by atomic mass is 32.2. The van der Waals surface area contributed by atoms with Crippen LogP contribution in [0.25, 0.3) is 0 Å². The van der Waals surface area contributed by atoms with Gasteiger partial charge in [-0.05, 0) is 54.5 Å². The van der Waals surface area contributed by atoms with Crippen molar-refractivity contribution in [3.63, 3.8) is 0 Å². The van der Waals surface area contributed by atoms with Gasteiger partial charge in [-0.25, -0.2) is 4.98 Å². The lowest BCUT2D eigenvalue weighted by Gasteiger charge is -2.22. The number of hydrogen-bond donors (Lipinski definition) is 2. The molecule has 0 saturated carbocycles. The number of aromatic nitrogens is 1. The monoisotopic (exact) mass is 460 g/mol. The summed E-state index contributed by atoms with van der Waals surface area (Å²) in [6.45, 7) is 10.6. The van der Waals surface area contributed by atoms with E-state index in [4.69, 9.17) is 0 Å². The number of thiazole rings is 1. The largest absolute Gasteiger partial charge is 0.416 e. The quantitative estimate of drug-likeness (QED) is 0.497. The van der Waals surface area contributed by atoms with Crippen molar-refractivity contribution in [3.05, 3.63) is 45.5 Å². The lowest BCUT2D eigenvalue weighted by atomic mass is 9.85. The third kappa shape index (κ3) is 6.21. The minimum atomic E-state index is -4.44. The summed E-state index contributed by atoms with van der Waals surface area (Å²) in [6, 6.07) is 2.31. The smallest absolute Gasteiger partial charge is 0.385 e. The van der Waals surface area contributed by atoms with Crippen molar-refractivity contribution in [1.82, 2.24) is 9.71 Å². The Balaban J connectivity index is 2.25. The number of hydrogen-bond acceptors (Lipinski definition) is 5. The number of nitrogens with zero attached hydrogens (tertiary/aromatic N) is 1. The van der Waals surface area contributed by atoms with Gasteiger partial charge in [0.1, 0.15) is 0 Å². The van der Waals surface area contributed by atoms with Crippen LogP contribution in [0.3, 0.4) is 0 Å². The molecule has 0 aliphatic heterocycles. The topological polar surface area (TPSA) is 62.2 Å². The fraction of sp³-hybridized carbons (Fsp3) is 0.524. The minimum absolute atomic E-state index is 0.0180. The van der Waals surface area contributed by atoms with Gasteiger partial charge in [-0.2, -0.15) is 13.2 Å². The highest BCUT2D eigenvalue weighted by Crippen LogP contribution is 2.37. The Bertz CT molecular complexity index is 871. The first kappa shape index (κ1) is 24.7. The molecule has 0 spiro atoms. The van der Waals surface area contributed by atoms with Crippen LogP contribution in [-0.2, 0) is 23.0 Å². The molecule has 0 aliphatic rings. The van der Waals surface area contributed by atoms with E-state index in [1.807, 2.05) is 27.7 Å². The van der Waals surface area contributed by atoms with Gasteiger partial charge in [0.25, 0.3) is 0 Å². The highest BCUT2D eigenvalue weighted by molar-refractivity contribution is 7.99. The SMILES string of the molecule is CC(C)c1cc(C(F)(F)F)cc(C(C)C)c1CC(=O)NSc1ncc(C(C)(C)O)s1. The van der Waals surface area contributed by atoms with Gasteiger partial charge in [0.15, 0.2) is 4.34 Å². The van der Waals surface area contributed by atoms with Crippen molar-refractivity contribution < 1.29 is 23.1 Å². The predicted molar refractivity (Wildman–Crippen MR) is 115 cm³/mol. The van der Waals surface area contributed by atoms with E-state index in [1.54, 1.807) is 20.0 Å². The second-order valence-corrected chi connectivity index (χ2v) is 10.4. The molecule has 0 atom stereocenters. The van der Waals surface area contributed by atoms with Gasteiger partial charge >= 0.3 is 6.18 Å². The van der Waals surface area contributed by atoms with Gasteiger partial charge in [0, 0.05) is 18.1 Å². The molecule has 30 heavy (non-hydrogen) atoms. The number of carbonyl (C=O) groups excluding carboxylic acids is 1. The first-order chi connectivity index (χ1) is 13.7. The number of rotatable bonds is 7. The van der Waals surface area contributed by atoms with Crippen molar-refractivity contribution >= 4 is 29.2 Å². The van der Waals surface area contributed by atoms with Crippen LogP contribution in [0, 0.1) is 0 Å². The van der Waals surface area contributed by atoms with Crippen LogP contribution in [0.2, 0.25) is 0 Å². The first-order valence-electron chi connectivity index (χ1n) is 9.58. The predicted octanol–water partition coefficient (Wildman–Crippen LogP) is 6.00. The summed E-state index contributed by atoms with van der Waals surface area (Å²) in [7, 11) is 0. The maximum absolute atomic E-state index is 13.4. The summed E-state index contributed by atoms with van der Waals surface area (Å²) in [6.07, 6.45) is -2.90. The molecule has 0 fully saturated rings. The molecule has 2 aromatic rings. The van der Waals surface area contributed by atoms with Crippen molar-refractivity contribution in [2.45, 2.75) is 75.9 Å². The van der Waals surface area contributed by atoms with E-state index in [1.165, 1.54) is 11.3 Å². The van der Waals surface area contributed by atoms with Crippen LogP contribution in [0.4, 0.5) is 13.2 Å². The zero-order chi connectivity index (χ0) is 22.9. The summed E-state index contributed by atoms with van der Waals surface area (Å²) in [5.41, 5.74) is 0.0104. The van der Waals surface area contributed by atoms with Crippen LogP contribution < -0.4 is 4.72 Å². The molecule has 1 amide bonds. The molecule has 0 bridgehead atoms. The summed E-state index contributed by atoms with van der Waals surface area (Å²) in [5, 5.41) is 10.0. The first-order valence-corrected chi connectivity index (χ1v) is 11.2. The average Bonchev–Trinajstić information content (AvgIpc) is 3.08. The molecular weight excluding hydrogens is 433 g/mol. The van der Waals surface area contributed by atoms with Gasteiger partial charge in [-0.15, -0.1) is 11.3 Å². The Hall–Kier alpha value is -1.58. The summed E-state index contributed by atoms with van der Waals surface area (Å²) < 4.78 is 43.4. The van der Waals surface area contributed by atoms with Gasteiger partial charge in [0.05, 0.1) is 22.5 Å². The number of amides is 1. The molecule has 0 unspecified atom stereocenters. The molecule has 166 valence electrons. The van der Waals surface area contributed by atoms with E-state index in [0.717, 1.165) is 24.1 Å². The van der Waals surface area contributed by atoms with Gasteiger partial charge < -0.3 is 5.11 Å². The van der Waals surface area contributed by atoms with Crippen molar-refractivity contribution in [1.29, 1.82) is 0 Å². The van der Waals surface area contributed by atoms with Crippen LogP contribution in [-0.4, -0.2) is 16.0 Å². The Kier molecular flexibility index (Phi) is 7.63. The average molecular weight is 461 g/mol. The maximum Gasteiger partial charge on any atom is 0.416 e. The maximum atomic E-state index is 13.4. The molecule has 9 heteroatoms. The highest BCUT2D eigenvalue weighted by Gasteiger charge is 2.33. The normalized spacial score (nSPS) is 12.7. The van der Waals surface area contributed by atoms with Gasteiger partial charge in [-0.1, -0.05) is 27.7 Å². The fourth-order valence-electron chi connectivity index (χ4n) is 3.00. The Morgan fingerprint density at radius 1 is 1.17 bits per heavy atom. The number of nitrogens with one attached hydrogen (secondary N) is 1. The van der Waals surface area contributed by atoms with Crippen LogP contribution in [0.5, 0.6) is 0 Å². The van der Waals surface area contributed by atoms with Gasteiger partial charge in [0.2, 0.25) is 5.91 Å². The zero-order valence-electron chi connectivity index (χ0n) is 17.8. The Labute approximate surface area is 183 Å². The van der Waals surface area contributed by atoms with Crippen molar-refractivity contribution in [2.24, 2.45) is 0 Å². The molecular formula is C21H27F3N2O2S2. The van der Waals surface area contributed by atoms with E-state index in [-0.39, 0.29) is 24.2 Å². The standard InChI is InChI=1S/C21H27F3N2O2S2/c1-11(2)14-7-13(21(22,23)24)8-15(12(3)4)16(14)9-18(27)26-30-19-25-10-17(29-19)20(5,6)28/h7-8,10-12,28H,9H2,1-6H3,(H,26,27). The van der Waals surface area contributed by atoms with E-state index in [9.17, 15) is 23.1 Å². The number of alkyl halides is 3. The van der Waals surface area contributed by atoms with Crippen molar-refractivity contribution in [3.8, 4) is 0 Å². The summed E-state index contributed by atoms with van der Waals surface area (Å²) in [4.78, 5) is 17.4. The summed E-state index contributed by atoms with van der Waals surface area (Å²) >= 11 is 2.31. The molecule has 4 nitrogen and oxygen atoms in total. The molecule has 2 N–H and O–H groups in total. The molecule has 0 aliphatic carbocycles. The Morgan fingerprint density at radius 2 is 1.70 bits per heavy atom. The number of halogens is 3. The lowest BCUT2D eigenvalue weighted by Crippen LogP contribution is -2.21. The van der Waals surface area contributed by atoms with Gasteiger partial charge in [-0.3, -0.25) is 9.52 Å². The van der Waals surface area contributed by atoms with Crippen LogP contribution in [0.15, 0.2) is 22.7 Å². The number of carbonyl (C=O) groups is 1. The molecule has 1 heterocycles. The third-order valence-corrected chi connectivity index (χ3v) is 6.78. The third-order valence-electron chi connectivity index (χ3n) is 4.57. The fourth-order valence-corrected chi connectivity index (χ4v) is 4.59. The molecule has 2 rings (SSSR count). The van der Waals surface area contributed by atoms with Crippen molar-refractivity contribution in [2.75, 3.05) is 0 Å². The molecule has 0 saturated heterocycles. The Morgan fingerprint density at radius 3 is 2.10 bits per heavy atom. The number of aliphatic hydroxyl groups is 1. The molecule has 1 aromatic carbocycles. The van der Waals surface area contributed by atoms with E-state index < -0.39 is 17.3 Å². The second-order valence-electron chi connectivity index (χ2n) is 8.29. The van der Waals surface area contributed by atoms with Crippen LogP contribution in [0.1, 0.15) is 80.5 Å². The summed E-state index contributed by atoms with van der Waals surface area (Å²) in [5.74, 6) is -0.634. The zero-order valence-corrected chi connectivity index (χ0v) is 19.5. The molecule has 1 aromatic heterocycles. The minimum Gasteiger partial charge on any atom is -0.385 e. The second kappa shape index (κ2) is 9.28. The van der Waals surface area contributed by atoms with E-state index >= 15 is 0 Å². The van der Waals surface area contributed by atoms with E-state index in [2.05, 4.69) is 9.71 Å². The number of benzene rings is 1. The lowest BCUT2D eigenvalue weighted by molar-refractivity contribution is -0.137.